The van der Waals surface area contributed by atoms with Gasteiger partial charge in [0.05, 0.1) is 7.11 Å². The molecule has 0 radical (unpaired) electrons. The predicted octanol–water partition coefficient (Wildman–Crippen LogP) is -2.30. The summed E-state index contributed by atoms with van der Waals surface area (Å²) in [7, 11) is 1.37. The van der Waals surface area contributed by atoms with Crippen LogP contribution in [-0.4, -0.2) is 18.2 Å². The molecule has 0 spiro atoms. The molecule has 0 saturated heterocycles. The fourth-order valence-electron chi connectivity index (χ4n) is 1.34. The van der Waals surface area contributed by atoms with Crippen molar-refractivity contribution in [3.05, 3.63) is 36.5 Å². The Morgan fingerprint density at radius 3 is 2.88 bits per heavy atom. The predicted molar refractivity (Wildman–Crippen MR) is 54.0 cm³/mol. The summed E-state index contributed by atoms with van der Waals surface area (Å²) >= 11 is 0. The third-order valence-electron chi connectivity index (χ3n) is 2.12. The van der Waals surface area contributed by atoms with Crippen LogP contribution in [-0.2, 0) is 16.1 Å². The zero-order valence-electron chi connectivity index (χ0n) is 8.76. The van der Waals surface area contributed by atoms with Gasteiger partial charge in [-0.1, -0.05) is 22.9 Å². The van der Waals surface area contributed by atoms with E-state index < -0.39 is 0 Å². The van der Waals surface area contributed by atoms with Gasteiger partial charge in [0.25, 0.3) is 6.54 Å². The number of fused-ring (bicyclic) bond motifs is 1. The summed E-state index contributed by atoms with van der Waals surface area (Å²) in [5.41, 5.74) is 0.865. The highest BCUT2D eigenvalue weighted by Gasteiger charge is 2.11. The summed E-state index contributed by atoms with van der Waals surface area (Å²) in [6.45, 7) is 0.140. The van der Waals surface area contributed by atoms with E-state index in [1.54, 1.807) is 10.9 Å². The highest BCUT2D eigenvalue weighted by molar-refractivity contribution is 5.76. The lowest BCUT2D eigenvalue weighted by atomic mass is 10.2. The number of aromatic nitrogens is 2. The minimum Gasteiger partial charge on any atom is -1.00 e. The number of halogens is 1. The monoisotopic (exact) mass is 282 g/mol. The van der Waals surface area contributed by atoms with Gasteiger partial charge in [0.1, 0.15) is 5.52 Å². The van der Waals surface area contributed by atoms with Gasteiger partial charge >= 0.3 is 5.97 Å². The second-order valence-corrected chi connectivity index (χ2v) is 3.15. The van der Waals surface area contributed by atoms with Crippen molar-refractivity contribution in [1.82, 2.24) is 5.10 Å². The SMILES string of the molecule is COC(=O)C[n+]1ccc2ccccc2n1.[Br-]. The van der Waals surface area contributed by atoms with Crippen molar-refractivity contribution < 1.29 is 31.2 Å². The minimum atomic E-state index is -0.303. The molecule has 0 atom stereocenters. The van der Waals surface area contributed by atoms with Crippen LogP contribution in [0.5, 0.6) is 0 Å². The van der Waals surface area contributed by atoms with Gasteiger partial charge in [-0.15, -0.1) is 0 Å². The average molecular weight is 283 g/mol. The van der Waals surface area contributed by atoms with Crippen molar-refractivity contribution in [1.29, 1.82) is 0 Å². The normalized spacial score (nSPS) is 9.56. The van der Waals surface area contributed by atoms with E-state index in [9.17, 15) is 4.79 Å². The zero-order chi connectivity index (χ0) is 10.7. The van der Waals surface area contributed by atoms with Crippen LogP contribution in [0.2, 0.25) is 0 Å². The van der Waals surface area contributed by atoms with E-state index in [0.29, 0.717) is 0 Å². The Morgan fingerprint density at radius 2 is 2.12 bits per heavy atom. The summed E-state index contributed by atoms with van der Waals surface area (Å²) in [4.78, 5) is 11.0. The number of rotatable bonds is 2. The summed E-state index contributed by atoms with van der Waals surface area (Å²) < 4.78 is 6.13. The number of ether oxygens (including phenoxy) is 1. The maximum atomic E-state index is 11.0. The molecule has 0 N–H and O–H groups in total. The van der Waals surface area contributed by atoms with Crippen LogP contribution >= 0.6 is 0 Å². The summed E-state index contributed by atoms with van der Waals surface area (Å²) in [5.74, 6) is -0.303. The molecular formula is C11H11BrN2O2. The molecule has 0 aliphatic rings. The number of carbonyl (C=O) groups is 1. The molecule has 1 heterocycles. The third kappa shape index (κ3) is 2.76. The Hall–Kier alpha value is -1.49. The molecule has 1 aromatic carbocycles. The Morgan fingerprint density at radius 1 is 1.38 bits per heavy atom. The molecule has 0 saturated carbocycles. The molecular weight excluding hydrogens is 272 g/mol. The molecule has 84 valence electrons. The first-order valence-corrected chi connectivity index (χ1v) is 4.62. The number of benzene rings is 1. The maximum Gasteiger partial charge on any atom is 0.374 e. The number of methoxy groups -OCH3 is 1. The molecule has 16 heavy (non-hydrogen) atoms. The highest BCUT2D eigenvalue weighted by Crippen LogP contribution is 2.06. The topological polar surface area (TPSA) is 43.1 Å². The van der Waals surface area contributed by atoms with Gasteiger partial charge in [0.2, 0.25) is 0 Å². The van der Waals surface area contributed by atoms with Crippen LogP contribution in [0.4, 0.5) is 0 Å². The number of esters is 1. The molecule has 5 heteroatoms. The smallest absolute Gasteiger partial charge is 0.374 e. The minimum absolute atomic E-state index is 0. The van der Waals surface area contributed by atoms with E-state index in [1.165, 1.54) is 7.11 Å². The van der Waals surface area contributed by atoms with Gasteiger partial charge in [0, 0.05) is 16.6 Å². The lowest BCUT2D eigenvalue weighted by Gasteiger charge is -1.95. The highest BCUT2D eigenvalue weighted by atomic mass is 79.9. The quantitative estimate of drug-likeness (QED) is 0.460. The van der Waals surface area contributed by atoms with E-state index in [0.717, 1.165) is 10.9 Å². The second kappa shape index (κ2) is 5.55. The fraction of sp³-hybridized carbons (Fsp3) is 0.182. The Labute approximate surface area is 104 Å². The van der Waals surface area contributed by atoms with Gasteiger partial charge in [0.15, 0.2) is 6.20 Å². The molecule has 1 aromatic heterocycles. The van der Waals surface area contributed by atoms with Crippen molar-refractivity contribution in [2.75, 3.05) is 7.11 Å². The summed E-state index contributed by atoms with van der Waals surface area (Å²) in [6, 6.07) is 9.67. The van der Waals surface area contributed by atoms with Crippen LogP contribution in [0.1, 0.15) is 0 Å². The lowest BCUT2D eigenvalue weighted by molar-refractivity contribution is -0.741. The molecule has 0 aliphatic carbocycles. The van der Waals surface area contributed by atoms with Gasteiger partial charge in [-0.2, -0.15) is 0 Å². The number of hydrogen-bond donors (Lipinski definition) is 0. The largest absolute Gasteiger partial charge is 1.00 e. The number of nitrogens with zero attached hydrogens (tertiary/aromatic N) is 2. The molecule has 0 amide bonds. The third-order valence-corrected chi connectivity index (χ3v) is 2.12. The molecule has 2 rings (SSSR count). The van der Waals surface area contributed by atoms with Crippen LogP contribution in [0.25, 0.3) is 10.9 Å². The number of hydrogen-bond acceptors (Lipinski definition) is 3. The van der Waals surface area contributed by atoms with Crippen LogP contribution in [0.3, 0.4) is 0 Å². The molecule has 0 bridgehead atoms. The van der Waals surface area contributed by atoms with E-state index in [-0.39, 0.29) is 29.5 Å². The lowest BCUT2D eigenvalue weighted by Crippen LogP contribution is -3.00. The van der Waals surface area contributed by atoms with Crippen molar-refractivity contribution in [3.8, 4) is 0 Å². The molecule has 2 aromatic rings. The first kappa shape index (κ1) is 12.6. The van der Waals surface area contributed by atoms with Crippen molar-refractivity contribution in [2.24, 2.45) is 0 Å². The van der Waals surface area contributed by atoms with Crippen LogP contribution in [0, 0.1) is 0 Å². The molecule has 0 fully saturated rings. The average Bonchev–Trinajstić information content (AvgIpc) is 2.29. The van der Waals surface area contributed by atoms with Crippen molar-refractivity contribution in [3.63, 3.8) is 0 Å². The summed E-state index contributed by atoms with van der Waals surface area (Å²) in [5, 5.41) is 5.33. The van der Waals surface area contributed by atoms with E-state index >= 15 is 0 Å². The number of carbonyl (C=O) groups excluding carboxylic acids is 1. The standard InChI is InChI=1S/C11H11N2O2.BrH/c1-15-11(14)8-13-7-6-9-4-2-3-5-10(9)12-13;/h2-7H,8H2,1H3;1H/q+1;/p-1. The Balaban J connectivity index is 0.00000128. The molecule has 0 unspecified atom stereocenters. The van der Waals surface area contributed by atoms with Gasteiger partial charge in [-0.05, 0) is 6.07 Å². The zero-order valence-corrected chi connectivity index (χ0v) is 10.3. The molecule has 0 aliphatic heterocycles. The Bertz CT molecular complexity index is 502. The Kier molecular flexibility index (Phi) is 4.37. The van der Waals surface area contributed by atoms with Gasteiger partial charge in [-0.3, -0.25) is 0 Å². The van der Waals surface area contributed by atoms with Gasteiger partial charge in [-0.25, -0.2) is 4.79 Å². The fourth-order valence-corrected chi connectivity index (χ4v) is 1.34. The molecule has 4 nitrogen and oxygen atoms in total. The van der Waals surface area contributed by atoms with Crippen LogP contribution in [0.15, 0.2) is 36.5 Å². The van der Waals surface area contributed by atoms with E-state index in [1.807, 2.05) is 30.3 Å². The summed E-state index contributed by atoms with van der Waals surface area (Å²) in [6.07, 6.45) is 1.76. The van der Waals surface area contributed by atoms with Crippen LogP contribution < -0.4 is 21.7 Å². The van der Waals surface area contributed by atoms with Crippen molar-refractivity contribution >= 4 is 16.9 Å². The van der Waals surface area contributed by atoms with Gasteiger partial charge < -0.3 is 21.7 Å². The van der Waals surface area contributed by atoms with E-state index in [4.69, 9.17) is 0 Å². The van der Waals surface area contributed by atoms with E-state index in [2.05, 4.69) is 9.84 Å². The first-order chi connectivity index (χ1) is 7.29. The van der Waals surface area contributed by atoms with Crippen molar-refractivity contribution in [2.45, 2.75) is 6.54 Å². The maximum absolute atomic E-state index is 11.0. The first-order valence-electron chi connectivity index (χ1n) is 4.62. The second-order valence-electron chi connectivity index (χ2n) is 3.15.